The Kier molecular flexibility index (Phi) is 5.40. The lowest BCUT2D eigenvalue weighted by Crippen LogP contribution is -2.37. The average molecular weight is 516 g/mol. The highest BCUT2D eigenvalue weighted by Gasteiger charge is 2.27. The van der Waals surface area contributed by atoms with Gasteiger partial charge in [0.25, 0.3) is 5.91 Å². The normalized spacial score (nSPS) is 15.3. The molecule has 12 heteroatoms. The zero-order valence-corrected chi connectivity index (χ0v) is 21.2. The number of carbonyl (C=O) groups excluding carboxylic acids is 2. The van der Waals surface area contributed by atoms with Crippen molar-refractivity contribution in [1.29, 1.82) is 0 Å². The molecule has 11 nitrogen and oxygen atoms in total. The number of likely N-dealkylation sites (N-methyl/N-ethyl adjacent to an activating group) is 1. The second-order valence-electron chi connectivity index (χ2n) is 9.67. The number of aromatic nitrogens is 4. The van der Waals surface area contributed by atoms with Crippen molar-refractivity contribution < 1.29 is 14.0 Å². The van der Waals surface area contributed by atoms with Crippen LogP contribution in [0.1, 0.15) is 21.7 Å². The van der Waals surface area contributed by atoms with Crippen LogP contribution in [0.4, 0.5) is 27.4 Å². The molecule has 0 bridgehead atoms. The van der Waals surface area contributed by atoms with E-state index in [-0.39, 0.29) is 29.6 Å². The molecule has 0 saturated carbocycles. The molecule has 194 valence electrons. The van der Waals surface area contributed by atoms with Gasteiger partial charge in [-0.05, 0) is 30.0 Å². The summed E-state index contributed by atoms with van der Waals surface area (Å²) in [5.74, 6) is 0.306. The van der Waals surface area contributed by atoms with Crippen LogP contribution in [0.2, 0.25) is 0 Å². The molecule has 4 aromatic rings. The smallest absolute Gasteiger partial charge is 0.275 e. The van der Waals surface area contributed by atoms with E-state index in [0.29, 0.717) is 64.6 Å². The molecule has 0 spiro atoms. The topological polar surface area (TPSA) is 134 Å². The summed E-state index contributed by atoms with van der Waals surface area (Å²) in [6, 6.07) is 5.38. The first-order valence-corrected chi connectivity index (χ1v) is 12.2. The van der Waals surface area contributed by atoms with Gasteiger partial charge in [0.1, 0.15) is 12.4 Å². The number of rotatable bonds is 3. The van der Waals surface area contributed by atoms with E-state index < -0.39 is 5.82 Å². The molecule has 1 aromatic carbocycles. The van der Waals surface area contributed by atoms with Gasteiger partial charge in [-0.15, -0.1) is 0 Å². The number of pyridine rings is 2. The number of hydrogen-bond donors (Lipinski definition) is 3. The third-order valence-corrected chi connectivity index (χ3v) is 7.20. The number of nitrogens with one attached hydrogen (secondary N) is 2. The van der Waals surface area contributed by atoms with E-state index in [0.717, 1.165) is 5.69 Å². The lowest BCUT2D eigenvalue weighted by Gasteiger charge is -2.27. The Balaban J connectivity index is 1.37. The first-order valence-electron chi connectivity index (χ1n) is 12.2. The van der Waals surface area contributed by atoms with Crippen LogP contribution in [-0.2, 0) is 17.8 Å². The van der Waals surface area contributed by atoms with E-state index in [1.54, 1.807) is 35.8 Å². The standard InChI is InChI=1S/C26H26FN9O2/c1-13-17(9-30-25-24(13)31-12-35(3)26(25)38)16-6-14-7-19(29-10-18(14)23(28)22(16)27)32-20-8-15-4-5-34(2)21(37)11-36(15)33-20/h6-10,31H,4-5,11-12,28H2,1-3H3,(H,29,32,33). The largest absolute Gasteiger partial charge is 0.396 e. The van der Waals surface area contributed by atoms with E-state index in [4.69, 9.17) is 5.73 Å². The first kappa shape index (κ1) is 23.6. The Labute approximate surface area is 217 Å². The van der Waals surface area contributed by atoms with Crippen LogP contribution in [0.15, 0.2) is 30.6 Å². The monoisotopic (exact) mass is 515 g/mol. The summed E-state index contributed by atoms with van der Waals surface area (Å²) in [6.45, 7) is 2.97. The molecule has 5 heterocycles. The number of carbonyl (C=O) groups is 2. The average Bonchev–Trinajstić information content (AvgIpc) is 3.21. The van der Waals surface area contributed by atoms with Crippen LogP contribution in [0.5, 0.6) is 0 Å². The molecule has 2 aliphatic heterocycles. The van der Waals surface area contributed by atoms with Crippen molar-refractivity contribution in [3.63, 3.8) is 0 Å². The number of halogens is 1. The predicted molar refractivity (Wildman–Crippen MR) is 142 cm³/mol. The van der Waals surface area contributed by atoms with Gasteiger partial charge < -0.3 is 26.2 Å². The number of nitrogens with two attached hydrogens (primary N) is 1. The minimum Gasteiger partial charge on any atom is -0.396 e. The van der Waals surface area contributed by atoms with Gasteiger partial charge in [-0.1, -0.05) is 0 Å². The number of anilines is 4. The maximum atomic E-state index is 15.5. The van der Waals surface area contributed by atoms with Crippen molar-refractivity contribution in [1.82, 2.24) is 29.5 Å². The summed E-state index contributed by atoms with van der Waals surface area (Å²) in [6.07, 6.45) is 3.73. The highest BCUT2D eigenvalue weighted by molar-refractivity contribution is 6.02. The summed E-state index contributed by atoms with van der Waals surface area (Å²) in [5.41, 5.74) is 9.56. The van der Waals surface area contributed by atoms with Gasteiger partial charge >= 0.3 is 0 Å². The van der Waals surface area contributed by atoms with Crippen molar-refractivity contribution in [2.45, 2.75) is 19.9 Å². The fourth-order valence-corrected chi connectivity index (χ4v) is 4.91. The van der Waals surface area contributed by atoms with Crippen LogP contribution < -0.4 is 16.4 Å². The molecule has 0 radical (unpaired) electrons. The molecule has 0 saturated heterocycles. The van der Waals surface area contributed by atoms with Crippen molar-refractivity contribution in [3.05, 3.63) is 53.4 Å². The molecule has 0 aliphatic carbocycles. The number of amides is 2. The van der Waals surface area contributed by atoms with Crippen LogP contribution in [0, 0.1) is 12.7 Å². The second kappa shape index (κ2) is 8.68. The van der Waals surface area contributed by atoms with Gasteiger partial charge in [-0.25, -0.2) is 14.4 Å². The van der Waals surface area contributed by atoms with Crippen molar-refractivity contribution in [2.24, 2.45) is 0 Å². The molecule has 3 aromatic heterocycles. The predicted octanol–water partition coefficient (Wildman–Crippen LogP) is 2.74. The molecule has 2 aliphatic rings. The quantitative estimate of drug-likeness (QED) is 0.355. The van der Waals surface area contributed by atoms with Crippen LogP contribution in [0.25, 0.3) is 21.9 Å². The number of benzene rings is 1. The Bertz CT molecular complexity index is 1650. The third kappa shape index (κ3) is 3.76. The van der Waals surface area contributed by atoms with E-state index in [9.17, 15) is 9.59 Å². The maximum Gasteiger partial charge on any atom is 0.275 e. The van der Waals surface area contributed by atoms with E-state index >= 15 is 4.39 Å². The van der Waals surface area contributed by atoms with Gasteiger partial charge in [-0.3, -0.25) is 14.3 Å². The Hall–Kier alpha value is -4.74. The zero-order valence-electron chi connectivity index (χ0n) is 21.2. The van der Waals surface area contributed by atoms with Crippen molar-refractivity contribution in [2.75, 3.05) is 43.7 Å². The summed E-state index contributed by atoms with van der Waals surface area (Å²) in [5, 5.41) is 12.1. The molecular weight excluding hydrogens is 489 g/mol. The lowest BCUT2D eigenvalue weighted by molar-refractivity contribution is -0.130. The molecule has 0 unspecified atom stereocenters. The van der Waals surface area contributed by atoms with Gasteiger partial charge in [0.2, 0.25) is 5.91 Å². The molecule has 0 atom stereocenters. The maximum absolute atomic E-state index is 15.5. The van der Waals surface area contributed by atoms with E-state index in [2.05, 4.69) is 25.7 Å². The second-order valence-corrected chi connectivity index (χ2v) is 9.67. The van der Waals surface area contributed by atoms with Gasteiger partial charge in [0, 0.05) is 67.7 Å². The molecule has 2 amide bonds. The summed E-state index contributed by atoms with van der Waals surface area (Å²) >= 11 is 0. The third-order valence-electron chi connectivity index (χ3n) is 7.20. The van der Waals surface area contributed by atoms with E-state index in [1.807, 2.05) is 13.0 Å². The zero-order chi connectivity index (χ0) is 26.7. The first-order chi connectivity index (χ1) is 18.2. The number of nitrogen functional groups attached to an aromatic ring is 1. The molecule has 0 fully saturated rings. The van der Waals surface area contributed by atoms with Crippen molar-refractivity contribution >= 4 is 45.6 Å². The molecule has 4 N–H and O–H groups in total. The van der Waals surface area contributed by atoms with Crippen molar-refractivity contribution in [3.8, 4) is 11.1 Å². The van der Waals surface area contributed by atoms with Gasteiger partial charge in [-0.2, -0.15) is 5.10 Å². The Morgan fingerprint density at radius 3 is 2.68 bits per heavy atom. The number of hydrogen-bond acceptors (Lipinski definition) is 8. The highest BCUT2D eigenvalue weighted by atomic mass is 19.1. The summed E-state index contributed by atoms with van der Waals surface area (Å²) < 4.78 is 17.2. The Morgan fingerprint density at radius 1 is 1.05 bits per heavy atom. The molecule has 38 heavy (non-hydrogen) atoms. The minimum absolute atomic E-state index is 0.00538. The summed E-state index contributed by atoms with van der Waals surface area (Å²) in [7, 11) is 3.47. The van der Waals surface area contributed by atoms with Crippen LogP contribution in [0.3, 0.4) is 0 Å². The Morgan fingerprint density at radius 2 is 1.87 bits per heavy atom. The highest BCUT2D eigenvalue weighted by Crippen LogP contribution is 2.38. The molecular formula is C26H26FN9O2. The number of nitrogens with zero attached hydrogens (tertiary/aromatic N) is 6. The van der Waals surface area contributed by atoms with E-state index in [1.165, 1.54) is 17.3 Å². The van der Waals surface area contributed by atoms with Gasteiger partial charge in [0.15, 0.2) is 17.3 Å². The van der Waals surface area contributed by atoms with Gasteiger partial charge in [0.05, 0.1) is 18.0 Å². The lowest BCUT2D eigenvalue weighted by atomic mass is 9.96. The fourth-order valence-electron chi connectivity index (χ4n) is 4.91. The van der Waals surface area contributed by atoms with Crippen LogP contribution >= 0.6 is 0 Å². The number of fused-ring (bicyclic) bond motifs is 3. The summed E-state index contributed by atoms with van der Waals surface area (Å²) in [4.78, 5) is 36.7. The fraction of sp³-hybridized carbons (Fsp3) is 0.269. The molecule has 6 rings (SSSR count). The van der Waals surface area contributed by atoms with Crippen LogP contribution in [-0.4, -0.2) is 68.7 Å². The minimum atomic E-state index is -0.573. The SMILES string of the molecule is Cc1c(-c2cc3cc(Nc4cc5n(n4)CC(=O)N(C)CC5)ncc3c(N)c2F)cnc2c1NCN(C)C2=O.